The lowest BCUT2D eigenvalue weighted by molar-refractivity contribution is -0.645. The Hall–Kier alpha value is -3.24. The van der Waals surface area contributed by atoms with E-state index in [1.165, 1.54) is 21.8 Å². The average molecular weight is 527 g/mol. The number of aliphatic hydroxyl groups is 1. The maximum atomic E-state index is 14.0. The van der Waals surface area contributed by atoms with E-state index in [1.54, 1.807) is 0 Å². The van der Waals surface area contributed by atoms with Crippen molar-refractivity contribution in [3.8, 4) is 0 Å². The quantitative estimate of drug-likeness (QED) is 0.119. The summed E-state index contributed by atoms with van der Waals surface area (Å²) in [5.41, 5.74) is 11.2. The lowest BCUT2D eigenvalue weighted by Gasteiger charge is -2.21. The molecular weight excluding hydrogens is 489 g/mol. The van der Waals surface area contributed by atoms with Crippen molar-refractivity contribution in [1.82, 2.24) is 0 Å². The normalized spacial score (nSPS) is 18.3. The molecule has 6 heteroatoms. The monoisotopic (exact) mass is 526 g/mol. The molecule has 0 saturated heterocycles. The fourth-order valence-corrected chi connectivity index (χ4v) is 7.88. The Labute approximate surface area is 225 Å². The maximum Gasteiger partial charge on any atom is 0.213 e. The maximum absolute atomic E-state index is 14.0. The number of para-hydroxylation sites is 3. The number of rotatable bonds is 10. The molecule has 0 radical (unpaired) electrons. The van der Waals surface area contributed by atoms with Gasteiger partial charge in [-0.15, -0.1) is 0 Å². The Morgan fingerprint density at radius 1 is 0.895 bits per heavy atom. The van der Waals surface area contributed by atoms with Crippen molar-refractivity contribution in [2.75, 3.05) is 31.3 Å². The van der Waals surface area contributed by atoms with Gasteiger partial charge in [0.15, 0.2) is 7.14 Å². The molecule has 1 unspecified atom stereocenters. The summed E-state index contributed by atoms with van der Waals surface area (Å²) < 4.78 is 16.5. The van der Waals surface area contributed by atoms with Crippen LogP contribution in [-0.4, -0.2) is 31.5 Å². The zero-order chi connectivity index (χ0) is 26.5. The van der Waals surface area contributed by atoms with Crippen molar-refractivity contribution in [3.05, 3.63) is 96.0 Å². The van der Waals surface area contributed by atoms with Crippen LogP contribution in [0.3, 0.4) is 0 Å². The first-order chi connectivity index (χ1) is 18.6. The Bertz CT molecular complexity index is 1500. The summed E-state index contributed by atoms with van der Waals surface area (Å²) in [5.74, 6) is 0. The molecule has 2 heterocycles. The second-order valence-corrected chi connectivity index (χ2v) is 12.8. The minimum absolute atomic E-state index is 0.165. The van der Waals surface area contributed by atoms with Gasteiger partial charge in [0.2, 0.25) is 11.0 Å². The highest BCUT2D eigenvalue weighted by molar-refractivity contribution is 7.76. The van der Waals surface area contributed by atoms with E-state index in [1.807, 2.05) is 30.9 Å². The SMILES string of the molecule is CP1(=O)C(=CC=Cc2c3ccccc3[n+](CCCCN)c3ccccc23)N(CCCCO)c2ccccc21. The third kappa shape index (κ3) is 4.94. The van der Waals surface area contributed by atoms with Gasteiger partial charge in [0.05, 0.1) is 21.9 Å². The van der Waals surface area contributed by atoms with E-state index in [0.717, 1.165) is 60.8 Å². The van der Waals surface area contributed by atoms with E-state index in [2.05, 4.69) is 76.2 Å². The van der Waals surface area contributed by atoms with Crippen molar-refractivity contribution in [3.63, 3.8) is 0 Å². The minimum atomic E-state index is -2.73. The van der Waals surface area contributed by atoms with E-state index in [-0.39, 0.29) is 6.61 Å². The Kier molecular flexibility index (Phi) is 8.09. The molecule has 0 spiro atoms. The highest BCUT2D eigenvalue weighted by atomic mass is 31.2. The number of pyridine rings is 1. The average Bonchev–Trinajstić information content (AvgIpc) is 3.15. The fraction of sp³-hybridized carbons (Fsp3) is 0.281. The molecule has 3 N–H and O–H groups in total. The molecule has 0 amide bonds. The van der Waals surface area contributed by atoms with Crippen LogP contribution in [0.15, 0.2) is 90.4 Å². The molecule has 1 atom stereocenters. The lowest BCUT2D eigenvalue weighted by Crippen LogP contribution is -2.36. The smallest absolute Gasteiger partial charge is 0.213 e. The van der Waals surface area contributed by atoms with Gasteiger partial charge in [-0.2, -0.15) is 4.57 Å². The molecule has 0 aliphatic carbocycles. The molecule has 1 aliphatic rings. The number of hydrogen-bond acceptors (Lipinski definition) is 4. The third-order valence-corrected chi connectivity index (χ3v) is 10.0. The molecular formula is C32H37N3O2P+. The standard InChI is InChI=1S/C32H37N3O2P/c1-38(37)31-19-7-6-18-30(31)35(23-10-11-24-36)32(38)20-12-15-25-26-13-2-4-16-28(26)34(22-9-8-21-33)29-17-5-3-14-27(25)29/h2-7,12-20,36H,8-11,21-24,33H2,1H3/q+1. The zero-order valence-corrected chi connectivity index (χ0v) is 23.0. The molecule has 38 heavy (non-hydrogen) atoms. The summed E-state index contributed by atoms with van der Waals surface area (Å²) >= 11 is 0. The first kappa shape index (κ1) is 26.4. The van der Waals surface area contributed by atoms with E-state index >= 15 is 0 Å². The summed E-state index contributed by atoms with van der Waals surface area (Å²) in [6.45, 7) is 4.39. The van der Waals surface area contributed by atoms with Gasteiger partial charge < -0.3 is 20.3 Å². The first-order valence-corrected chi connectivity index (χ1v) is 15.7. The van der Waals surface area contributed by atoms with Crippen LogP contribution in [0.4, 0.5) is 5.69 Å². The molecule has 5 rings (SSSR count). The van der Waals surface area contributed by atoms with Crippen LogP contribution in [0.2, 0.25) is 0 Å². The molecule has 0 fully saturated rings. The van der Waals surface area contributed by atoms with Crippen molar-refractivity contribution < 1.29 is 14.2 Å². The van der Waals surface area contributed by atoms with Gasteiger partial charge in [0, 0.05) is 42.6 Å². The number of fused-ring (bicyclic) bond motifs is 3. The molecule has 1 aliphatic heterocycles. The Morgan fingerprint density at radius 3 is 2.24 bits per heavy atom. The van der Waals surface area contributed by atoms with Crippen molar-refractivity contribution in [2.45, 2.75) is 32.2 Å². The van der Waals surface area contributed by atoms with Gasteiger partial charge in [-0.25, -0.2) is 0 Å². The minimum Gasteiger partial charge on any atom is -0.396 e. The van der Waals surface area contributed by atoms with Crippen molar-refractivity contribution in [1.29, 1.82) is 0 Å². The van der Waals surface area contributed by atoms with Crippen LogP contribution in [0.5, 0.6) is 0 Å². The van der Waals surface area contributed by atoms with Crippen LogP contribution < -0.4 is 20.5 Å². The van der Waals surface area contributed by atoms with E-state index in [0.29, 0.717) is 6.54 Å². The molecule has 4 aromatic rings. The second kappa shape index (κ2) is 11.7. The van der Waals surface area contributed by atoms with Gasteiger partial charge in [0.25, 0.3) is 0 Å². The number of aromatic nitrogens is 1. The predicted molar refractivity (Wildman–Crippen MR) is 160 cm³/mol. The van der Waals surface area contributed by atoms with Gasteiger partial charge >= 0.3 is 0 Å². The zero-order valence-electron chi connectivity index (χ0n) is 22.1. The van der Waals surface area contributed by atoms with Crippen LogP contribution >= 0.6 is 7.14 Å². The summed E-state index contributed by atoms with van der Waals surface area (Å²) in [4.78, 5) is 2.18. The Balaban J connectivity index is 1.60. The number of nitrogens with zero attached hydrogens (tertiary/aromatic N) is 2. The van der Waals surface area contributed by atoms with Gasteiger partial charge in [0.1, 0.15) is 6.54 Å². The summed E-state index contributed by atoms with van der Waals surface area (Å²) in [6.07, 6.45) is 9.85. The highest BCUT2D eigenvalue weighted by Gasteiger charge is 2.38. The van der Waals surface area contributed by atoms with Crippen molar-refractivity contribution in [2.24, 2.45) is 5.73 Å². The number of aliphatic hydroxyl groups excluding tert-OH is 1. The van der Waals surface area contributed by atoms with Crippen LogP contribution in [0.1, 0.15) is 31.2 Å². The van der Waals surface area contributed by atoms with Crippen LogP contribution in [-0.2, 0) is 11.1 Å². The summed E-state index contributed by atoms with van der Waals surface area (Å²) in [6, 6.07) is 25.1. The molecule has 0 saturated carbocycles. The van der Waals surface area contributed by atoms with Gasteiger partial charge in [-0.3, -0.25) is 0 Å². The Morgan fingerprint density at radius 2 is 1.55 bits per heavy atom. The highest BCUT2D eigenvalue weighted by Crippen LogP contribution is 2.58. The number of anilines is 1. The van der Waals surface area contributed by atoms with Crippen LogP contribution in [0, 0.1) is 0 Å². The third-order valence-electron chi connectivity index (χ3n) is 7.45. The largest absolute Gasteiger partial charge is 0.396 e. The first-order valence-electron chi connectivity index (χ1n) is 13.6. The molecule has 5 nitrogen and oxygen atoms in total. The molecule has 1 aromatic heterocycles. The number of nitrogens with two attached hydrogens (primary N) is 1. The summed E-state index contributed by atoms with van der Waals surface area (Å²) in [7, 11) is -2.73. The second-order valence-electron chi connectivity index (χ2n) is 9.97. The van der Waals surface area contributed by atoms with E-state index < -0.39 is 7.14 Å². The number of aryl methyl sites for hydroxylation is 1. The number of benzene rings is 3. The molecule has 0 bridgehead atoms. The van der Waals surface area contributed by atoms with Crippen LogP contribution in [0.25, 0.3) is 27.9 Å². The lowest BCUT2D eigenvalue weighted by atomic mass is 10.0. The number of hydrogen-bond donors (Lipinski definition) is 2. The van der Waals surface area contributed by atoms with Crippen molar-refractivity contribution >= 4 is 46.0 Å². The number of allylic oxidation sites excluding steroid dienone is 2. The van der Waals surface area contributed by atoms with E-state index in [4.69, 9.17) is 5.73 Å². The summed E-state index contributed by atoms with van der Waals surface area (Å²) in [5, 5.41) is 12.6. The molecule has 3 aromatic carbocycles. The van der Waals surface area contributed by atoms with Gasteiger partial charge in [-0.05, 0) is 62.8 Å². The topological polar surface area (TPSA) is 70.4 Å². The van der Waals surface area contributed by atoms with Gasteiger partial charge in [-0.1, -0.05) is 48.6 Å². The number of unbranched alkanes of at least 4 members (excludes halogenated alkanes) is 2. The predicted octanol–water partition coefficient (Wildman–Crippen LogP) is 5.78. The fourth-order valence-electron chi connectivity index (χ4n) is 5.59. The van der Waals surface area contributed by atoms with E-state index in [9.17, 15) is 9.67 Å². The molecule has 196 valence electrons.